The van der Waals surface area contributed by atoms with Crippen LogP contribution in [0.5, 0.6) is 0 Å². The number of rotatable bonds is 2. The topological polar surface area (TPSA) is 48.8 Å². The number of hydrogen-bond donors (Lipinski definition) is 2. The highest BCUT2D eigenvalue weighted by molar-refractivity contribution is 8.15. The first kappa shape index (κ1) is 11.7. The van der Waals surface area contributed by atoms with Crippen LogP contribution in [0.3, 0.4) is 0 Å². The Kier molecular flexibility index (Phi) is 4.60. The van der Waals surface area contributed by atoms with Crippen LogP contribution in [0.1, 0.15) is 27.7 Å². The van der Waals surface area contributed by atoms with Crippen LogP contribution in [0.25, 0.3) is 0 Å². The summed E-state index contributed by atoms with van der Waals surface area (Å²) >= 11 is 3.31. The average Bonchev–Trinajstić information content (AvgIpc) is 2.06. The van der Waals surface area contributed by atoms with Gasteiger partial charge in [-0.1, -0.05) is 51.2 Å². The highest BCUT2D eigenvalue weighted by Crippen LogP contribution is 2.14. The molecule has 0 saturated heterocycles. The molecule has 0 atom stereocenters. The number of nitrogens with one attached hydrogen (secondary N) is 2. The van der Waals surface area contributed by atoms with Crippen molar-refractivity contribution >= 4 is 33.9 Å². The minimum Gasteiger partial charge on any atom is -0.252 e. The molecule has 2 N–H and O–H groups in total. The summed E-state index contributed by atoms with van der Waals surface area (Å²) in [5, 5.41) is 11.0. The quantitative estimate of drug-likeness (QED) is 0.764. The van der Waals surface area contributed by atoms with Crippen molar-refractivity contribution in [2.75, 3.05) is 0 Å². The lowest BCUT2D eigenvalue weighted by Gasteiger charge is -2.15. The molecular weight excluding hydrogens is 216 g/mol. The third-order valence-corrected chi connectivity index (χ3v) is 2.96. The largest absolute Gasteiger partial charge is 0.252 e. The second kappa shape index (κ2) is 5.50. The second-order valence-electron chi connectivity index (χ2n) is 3.39. The standard InChI is InChI=1S/C8H16N4S2/c1-5(2)13-7-9-11-8(12-10-7)14-6(3)4/h5-6H,1-4H3,(H,9,10)(H,11,12). The monoisotopic (exact) mass is 232 g/mol. The van der Waals surface area contributed by atoms with Gasteiger partial charge in [0.15, 0.2) is 0 Å². The molecule has 1 aliphatic rings. The number of amidine groups is 2. The van der Waals surface area contributed by atoms with Crippen molar-refractivity contribution in [2.24, 2.45) is 10.2 Å². The van der Waals surface area contributed by atoms with Gasteiger partial charge in [-0.25, -0.2) is 0 Å². The molecule has 1 rings (SSSR count). The van der Waals surface area contributed by atoms with Crippen LogP contribution in [-0.4, -0.2) is 20.8 Å². The third-order valence-electron chi connectivity index (χ3n) is 1.20. The number of hydrogen-bond acceptors (Lipinski definition) is 6. The Bertz CT molecular complexity index is 222. The molecule has 0 aliphatic carbocycles. The fourth-order valence-corrected chi connectivity index (χ4v) is 2.09. The Morgan fingerprint density at radius 3 is 1.43 bits per heavy atom. The molecule has 0 unspecified atom stereocenters. The molecule has 14 heavy (non-hydrogen) atoms. The van der Waals surface area contributed by atoms with Crippen molar-refractivity contribution in [3.8, 4) is 0 Å². The van der Waals surface area contributed by atoms with E-state index >= 15 is 0 Å². The van der Waals surface area contributed by atoms with Gasteiger partial charge in [-0.15, -0.1) is 10.2 Å². The molecular formula is C8H16N4S2. The molecule has 6 heteroatoms. The van der Waals surface area contributed by atoms with E-state index in [1.54, 1.807) is 23.5 Å². The van der Waals surface area contributed by atoms with E-state index in [0.717, 1.165) is 10.3 Å². The smallest absolute Gasteiger partial charge is 0.201 e. The van der Waals surface area contributed by atoms with Gasteiger partial charge in [0.1, 0.15) is 0 Å². The molecule has 0 radical (unpaired) electrons. The first-order chi connectivity index (χ1) is 6.58. The molecule has 1 aliphatic heterocycles. The van der Waals surface area contributed by atoms with Crippen molar-refractivity contribution in [3.63, 3.8) is 0 Å². The van der Waals surface area contributed by atoms with E-state index in [4.69, 9.17) is 0 Å². The molecule has 1 heterocycles. The number of nitrogens with zero attached hydrogens (tertiary/aromatic N) is 2. The minimum absolute atomic E-state index is 0.512. The molecule has 0 fully saturated rings. The summed E-state index contributed by atoms with van der Waals surface area (Å²) in [5.41, 5.74) is 5.85. The first-order valence-corrected chi connectivity index (χ1v) is 6.34. The van der Waals surface area contributed by atoms with Gasteiger partial charge in [0.05, 0.1) is 0 Å². The summed E-state index contributed by atoms with van der Waals surface area (Å²) < 4.78 is 0. The normalized spacial score (nSPS) is 16.1. The summed E-state index contributed by atoms with van der Waals surface area (Å²) in [4.78, 5) is 0. The Hall–Kier alpha value is -0.360. The molecule has 0 aromatic carbocycles. The maximum atomic E-state index is 4.17. The van der Waals surface area contributed by atoms with Gasteiger partial charge in [-0.3, -0.25) is 10.9 Å². The van der Waals surface area contributed by atoms with E-state index in [1.165, 1.54) is 0 Å². The van der Waals surface area contributed by atoms with Crippen molar-refractivity contribution in [3.05, 3.63) is 0 Å². The van der Waals surface area contributed by atoms with E-state index in [9.17, 15) is 0 Å². The molecule has 0 aromatic rings. The maximum absolute atomic E-state index is 4.17. The summed E-state index contributed by atoms with van der Waals surface area (Å²) in [6.07, 6.45) is 0. The second-order valence-corrected chi connectivity index (χ2v) is 6.52. The lowest BCUT2D eigenvalue weighted by Crippen LogP contribution is -2.31. The van der Waals surface area contributed by atoms with Crippen LogP contribution in [-0.2, 0) is 0 Å². The Labute approximate surface area is 93.4 Å². The van der Waals surface area contributed by atoms with Crippen molar-refractivity contribution in [2.45, 2.75) is 38.2 Å². The summed E-state index contributed by atoms with van der Waals surface area (Å²) in [7, 11) is 0. The predicted molar refractivity (Wildman–Crippen MR) is 66.6 cm³/mol. The van der Waals surface area contributed by atoms with E-state index < -0.39 is 0 Å². The highest BCUT2D eigenvalue weighted by atomic mass is 32.2. The third kappa shape index (κ3) is 4.23. The van der Waals surface area contributed by atoms with Gasteiger partial charge in [0.2, 0.25) is 10.3 Å². The van der Waals surface area contributed by atoms with Crippen LogP contribution in [0.4, 0.5) is 0 Å². The Balaban J connectivity index is 2.36. The zero-order valence-electron chi connectivity index (χ0n) is 8.87. The van der Waals surface area contributed by atoms with E-state index in [0.29, 0.717) is 10.5 Å². The summed E-state index contributed by atoms with van der Waals surface area (Å²) in [5.74, 6) is 0. The van der Waals surface area contributed by atoms with Gasteiger partial charge >= 0.3 is 0 Å². The summed E-state index contributed by atoms with van der Waals surface area (Å²) in [6, 6.07) is 0. The fourth-order valence-electron chi connectivity index (χ4n) is 0.799. The lowest BCUT2D eigenvalue weighted by atomic mass is 10.6. The van der Waals surface area contributed by atoms with Crippen LogP contribution in [0.2, 0.25) is 0 Å². The molecule has 4 nitrogen and oxygen atoms in total. The molecule has 80 valence electrons. The minimum atomic E-state index is 0.512. The Morgan fingerprint density at radius 2 is 1.21 bits per heavy atom. The lowest BCUT2D eigenvalue weighted by molar-refractivity contribution is 0.911. The molecule has 0 aromatic heterocycles. The highest BCUT2D eigenvalue weighted by Gasteiger charge is 2.10. The van der Waals surface area contributed by atoms with Gasteiger partial charge in [-0.05, 0) is 0 Å². The molecule has 0 amide bonds. The predicted octanol–water partition coefficient (Wildman–Crippen LogP) is 2.00. The van der Waals surface area contributed by atoms with Crippen molar-refractivity contribution in [1.29, 1.82) is 0 Å². The van der Waals surface area contributed by atoms with Crippen molar-refractivity contribution < 1.29 is 0 Å². The first-order valence-electron chi connectivity index (χ1n) is 4.58. The van der Waals surface area contributed by atoms with Crippen molar-refractivity contribution in [1.82, 2.24) is 10.9 Å². The SMILES string of the molecule is CC(C)SC1=NNC(SC(C)C)=NN1. The Morgan fingerprint density at radius 1 is 0.857 bits per heavy atom. The van der Waals surface area contributed by atoms with Gasteiger partial charge in [0.25, 0.3) is 0 Å². The average molecular weight is 232 g/mol. The van der Waals surface area contributed by atoms with E-state index in [2.05, 4.69) is 48.7 Å². The molecule has 0 saturated carbocycles. The van der Waals surface area contributed by atoms with E-state index in [1.807, 2.05) is 0 Å². The van der Waals surface area contributed by atoms with Gasteiger partial charge < -0.3 is 0 Å². The number of hydrazone groups is 2. The molecule has 0 spiro atoms. The zero-order chi connectivity index (χ0) is 10.6. The number of thioether (sulfide) groups is 2. The fraction of sp³-hybridized carbons (Fsp3) is 0.750. The summed E-state index contributed by atoms with van der Waals surface area (Å²) in [6.45, 7) is 8.49. The zero-order valence-corrected chi connectivity index (χ0v) is 10.5. The van der Waals surface area contributed by atoms with Crippen LogP contribution >= 0.6 is 23.5 Å². The van der Waals surface area contributed by atoms with Crippen LogP contribution < -0.4 is 10.9 Å². The van der Waals surface area contributed by atoms with Gasteiger partial charge in [-0.2, -0.15) is 0 Å². The van der Waals surface area contributed by atoms with Crippen LogP contribution in [0.15, 0.2) is 10.2 Å². The molecule has 0 bridgehead atoms. The van der Waals surface area contributed by atoms with E-state index in [-0.39, 0.29) is 0 Å². The van der Waals surface area contributed by atoms with Crippen LogP contribution in [0, 0.1) is 0 Å². The van der Waals surface area contributed by atoms with Gasteiger partial charge in [0, 0.05) is 10.5 Å². The maximum Gasteiger partial charge on any atom is 0.201 e.